The van der Waals surface area contributed by atoms with Gasteiger partial charge >= 0.3 is 0 Å². The molecule has 7 heteroatoms. The minimum absolute atomic E-state index is 0.106. The molecule has 0 aliphatic heterocycles. The van der Waals surface area contributed by atoms with Crippen LogP contribution in [0.15, 0.2) is 10.7 Å². The monoisotopic (exact) mass is 211 g/mol. The van der Waals surface area contributed by atoms with E-state index in [1.54, 1.807) is 6.92 Å². The van der Waals surface area contributed by atoms with Gasteiger partial charge in [0.15, 0.2) is 5.82 Å². The third-order valence-corrected chi connectivity index (χ3v) is 1.81. The molecule has 0 unspecified atom stereocenters. The zero-order valence-corrected chi connectivity index (χ0v) is 7.99. The molecule has 0 aliphatic rings. The molecule has 0 aromatic carbocycles. The molecule has 0 bridgehead atoms. The normalized spacial score (nSPS) is 10.4. The quantitative estimate of drug-likeness (QED) is 0.710. The van der Waals surface area contributed by atoms with Crippen LogP contribution in [0.1, 0.15) is 5.82 Å². The number of nitrogens with two attached hydrogens (primary N) is 1. The van der Waals surface area contributed by atoms with E-state index in [4.69, 9.17) is 21.9 Å². The van der Waals surface area contributed by atoms with E-state index in [1.165, 1.54) is 6.20 Å². The third-order valence-electron chi connectivity index (χ3n) is 1.52. The molecule has 72 valence electrons. The van der Waals surface area contributed by atoms with Gasteiger partial charge in [0.1, 0.15) is 5.15 Å². The largest absolute Gasteiger partial charge is 0.368 e. The van der Waals surface area contributed by atoms with E-state index >= 15 is 0 Å². The van der Waals surface area contributed by atoms with E-state index in [0.717, 1.165) is 0 Å². The Morgan fingerprint density at radius 3 is 2.79 bits per heavy atom. The molecule has 0 atom stereocenters. The van der Waals surface area contributed by atoms with Crippen molar-refractivity contribution in [3.05, 3.63) is 17.2 Å². The van der Waals surface area contributed by atoms with Crippen LogP contribution >= 0.6 is 11.6 Å². The second-order valence-corrected chi connectivity index (χ2v) is 2.94. The molecule has 0 saturated heterocycles. The summed E-state index contributed by atoms with van der Waals surface area (Å²) in [6.45, 7) is 1.71. The molecule has 2 aromatic heterocycles. The van der Waals surface area contributed by atoms with Crippen molar-refractivity contribution in [2.75, 3.05) is 5.73 Å². The van der Waals surface area contributed by atoms with Crippen molar-refractivity contribution in [2.24, 2.45) is 0 Å². The minimum atomic E-state index is 0.106. The van der Waals surface area contributed by atoms with Gasteiger partial charge in [-0.05, 0) is 6.92 Å². The van der Waals surface area contributed by atoms with Gasteiger partial charge in [-0.1, -0.05) is 16.8 Å². The lowest BCUT2D eigenvalue weighted by molar-refractivity contribution is 0.425. The molecular weight excluding hydrogens is 206 g/mol. The lowest BCUT2D eigenvalue weighted by atomic mass is 10.3. The highest BCUT2D eigenvalue weighted by Crippen LogP contribution is 2.23. The predicted molar refractivity (Wildman–Crippen MR) is 49.5 cm³/mol. The molecule has 2 aromatic rings. The van der Waals surface area contributed by atoms with Gasteiger partial charge in [-0.2, -0.15) is 4.98 Å². The number of aryl methyl sites for hydroxylation is 1. The van der Waals surface area contributed by atoms with Gasteiger partial charge in [-0.3, -0.25) is 0 Å². The summed E-state index contributed by atoms with van der Waals surface area (Å²) in [5.41, 5.74) is 5.81. The van der Waals surface area contributed by atoms with Crippen LogP contribution < -0.4 is 5.73 Å². The zero-order valence-electron chi connectivity index (χ0n) is 7.23. The van der Waals surface area contributed by atoms with E-state index in [1.807, 2.05) is 0 Å². The van der Waals surface area contributed by atoms with Gasteiger partial charge in [-0.25, -0.2) is 9.97 Å². The van der Waals surface area contributed by atoms with Crippen LogP contribution in [0.4, 0.5) is 5.95 Å². The van der Waals surface area contributed by atoms with Gasteiger partial charge < -0.3 is 10.3 Å². The van der Waals surface area contributed by atoms with Crippen LogP contribution in [0.25, 0.3) is 11.5 Å². The highest BCUT2D eigenvalue weighted by molar-refractivity contribution is 6.31. The molecule has 6 nitrogen and oxygen atoms in total. The van der Waals surface area contributed by atoms with E-state index in [0.29, 0.717) is 11.4 Å². The van der Waals surface area contributed by atoms with Gasteiger partial charge in [-0.15, -0.1) is 0 Å². The Morgan fingerprint density at radius 1 is 1.43 bits per heavy atom. The van der Waals surface area contributed by atoms with E-state index < -0.39 is 0 Å². The maximum atomic E-state index is 5.81. The first-order chi connectivity index (χ1) is 6.66. The number of aromatic nitrogens is 4. The van der Waals surface area contributed by atoms with Crippen LogP contribution in [-0.4, -0.2) is 20.1 Å². The average Bonchev–Trinajstić information content (AvgIpc) is 2.51. The van der Waals surface area contributed by atoms with E-state index in [9.17, 15) is 0 Å². The van der Waals surface area contributed by atoms with E-state index in [2.05, 4.69) is 20.1 Å². The van der Waals surface area contributed by atoms with Crippen molar-refractivity contribution in [1.29, 1.82) is 0 Å². The topological polar surface area (TPSA) is 90.7 Å². The summed E-state index contributed by atoms with van der Waals surface area (Å²) < 4.78 is 4.90. The number of rotatable bonds is 1. The Morgan fingerprint density at radius 2 is 2.21 bits per heavy atom. The summed E-state index contributed by atoms with van der Waals surface area (Å²) in [6.07, 6.45) is 1.44. The molecule has 2 rings (SSSR count). The van der Waals surface area contributed by atoms with E-state index in [-0.39, 0.29) is 17.0 Å². The van der Waals surface area contributed by atoms with Crippen molar-refractivity contribution >= 4 is 17.5 Å². The summed E-state index contributed by atoms with van der Waals surface area (Å²) in [7, 11) is 0. The number of nitrogen functional groups attached to an aromatic ring is 1. The van der Waals surface area contributed by atoms with Crippen LogP contribution in [-0.2, 0) is 0 Å². The van der Waals surface area contributed by atoms with Crippen LogP contribution in [0.2, 0.25) is 5.15 Å². The molecule has 0 spiro atoms. The number of halogens is 1. The standard InChI is InChI=1S/C7H6ClN5O/c1-3-11-6(14-13-3)4-2-10-7(9)12-5(4)8/h2H,1H3,(H2,9,10,12). The number of hydrogen-bond acceptors (Lipinski definition) is 6. The predicted octanol–water partition coefficient (Wildman–Crippen LogP) is 1.07. The number of anilines is 1. The fourth-order valence-corrected chi connectivity index (χ4v) is 1.14. The second-order valence-electron chi connectivity index (χ2n) is 2.58. The average molecular weight is 212 g/mol. The highest BCUT2D eigenvalue weighted by atomic mass is 35.5. The highest BCUT2D eigenvalue weighted by Gasteiger charge is 2.12. The molecule has 0 amide bonds. The summed E-state index contributed by atoms with van der Waals surface area (Å²) >= 11 is 5.81. The summed E-state index contributed by atoms with van der Waals surface area (Å²) in [6, 6.07) is 0. The maximum absolute atomic E-state index is 5.81. The third kappa shape index (κ3) is 1.51. The van der Waals surface area contributed by atoms with Gasteiger partial charge in [0, 0.05) is 6.20 Å². The fourth-order valence-electron chi connectivity index (χ4n) is 0.924. The Kier molecular flexibility index (Phi) is 2.05. The Balaban J connectivity index is 2.52. The van der Waals surface area contributed by atoms with Crippen molar-refractivity contribution in [3.8, 4) is 11.5 Å². The lowest BCUT2D eigenvalue weighted by Gasteiger charge is -1.96. The van der Waals surface area contributed by atoms with Gasteiger partial charge in [0.25, 0.3) is 5.89 Å². The fraction of sp³-hybridized carbons (Fsp3) is 0.143. The number of hydrogen-bond donors (Lipinski definition) is 1. The molecule has 14 heavy (non-hydrogen) atoms. The van der Waals surface area contributed by atoms with Crippen molar-refractivity contribution in [2.45, 2.75) is 6.92 Å². The Bertz CT molecular complexity index is 469. The molecule has 2 heterocycles. The smallest absolute Gasteiger partial charge is 0.262 e. The first-order valence-electron chi connectivity index (χ1n) is 3.75. The SMILES string of the molecule is Cc1noc(-c2cnc(N)nc2Cl)n1. The molecule has 0 radical (unpaired) electrons. The molecule has 0 aliphatic carbocycles. The second kappa shape index (κ2) is 3.22. The van der Waals surface area contributed by atoms with Crippen molar-refractivity contribution in [3.63, 3.8) is 0 Å². The maximum Gasteiger partial charge on any atom is 0.262 e. The van der Waals surface area contributed by atoms with Gasteiger partial charge in [0.05, 0.1) is 5.56 Å². The first-order valence-corrected chi connectivity index (χ1v) is 4.13. The molecule has 2 N–H and O–H groups in total. The lowest BCUT2D eigenvalue weighted by Crippen LogP contribution is -1.95. The van der Waals surface area contributed by atoms with Crippen LogP contribution in [0.3, 0.4) is 0 Å². The van der Waals surface area contributed by atoms with Crippen molar-refractivity contribution < 1.29 is 4.52 Å². The minimum Gasteiger partial charge on any atom is -0.368 e. The first kappa shape index (κ1) is 8.89. The number of nitrogens with zero attached hydrogens (tertiary/aromatic N) is 4. The summed E-state index contributed by atoms with van der Waals surface area (Å²) in [5.74, 6) is 0.912. The van der Waals surface area contributed by atoms with Gasteiger partial charge in [0.2, 0.25) is 5.95 Å². The Labute approximate surface area is 84.1 Å². The van der Waals surface area contributed by atoms with Crippen LogP contribution in [0.5, 0.6) is 0 Å². The Hall–Kier alpha value is -1.69. The zero-order chi connectivity index (χ0) is 10.1. The summed E-state index contributed by atoms with van der Waals surface area (Å²) in [4.78, 5) is 11.5. The molecular formula is C7H6ClN5O. The van der Waals surface area contributed by atoms with Crippen LogP contribution in [0, 0.1) is 6.92 Å². The van der Waals surface area contributed by atoms with Crippen molar-refractivity contribution in [1.82, 2.24) is 20.1 Å². The molecule has 0 fully saturated rings. The summed E-state index contributed by atoms with van der Waals surface area (Å²) in [5, 5.41) is 3.82. The molecule has 0 saturated carbocycles.